The SMILES string of the molecule is CS(=O)(=O)N[C@H](C/C=C/CS(=O)(=O)c1ccccc1)C(=O)N1C[C@H](S(=O)(=O)Cc2ccc(Cl)cc2)C[C@H]1C(=O)N[C@@H](CCCCN)C(=O)c1nc2ccccc2o1. The first kappa shape index (κ1) is 43.7. The number of sulfonamides is 1. The van der Waals surface area contributed by atoms with Gasteiger partial charge in [-0.15, -0.1) is 0 Å². The zero-order valence-electron chi connectivity index (χ0n) is 31.0. The van der Waals surface area contributed by atoms with E-state index in [-0.39, 0.29) is 30.0 Å². The summed E-state index contributed by atoms with van der Waals surface area (Å²) in [7, 11) is -11.9. The minimum atomic E-state index is -4.07. The minimum Gasteiger partial charge on any atom is -0.434 e. The minimum absolute atomic E-state index is 0.0734. The zero-order chi connectivity index (χ0) is 41.4. The van der Waals surface area contributed by atoms with Gasteiger partial charge in [-0.2, -0.15) is 0 Å². The van der Waals surface area contributed by atoms with Crippen LogP contribution in [-0.2, 0) is 45.0 Å². The average Bonchev–Trinajstić information content (AvgIpc) is 3.82. The van der Waals surface area contributed by atoms with Gasteiger partial charge in [-0.25, -0.2) is 35.0 Å². The Morgan fingerprint density at radius 3 is 2.28 bits per heavy atom. The molecule has 0 saturated carbocycles. The molecule has 19 heteroatoms. The highest BCUT2D eigenvalue weighted by Crippen LogP contribution is 2.28. The fourth-order valence-electron chi connectivity index (χ4n) is 6.45. The van der Waals surface area contributed by atoms with Crippen molar-refractivity contribution >= 4 is 70.0 Å². The number of carbonyl (C=O) groups excluding carboxylic acids is 3. The third-order valence-electron chi connectivity index (χ3n) is 9.33. The van der Waals surface area contributed by atoms with Crippen LogP contribution in [0, 0.1) is 0 Å². The molecule has 2 amide bonds. The number of unbranched alkanes of at least 4 members (excludes halogenated alkanes) is 1. The van der Waals surface area contributed by atoms with E-state index in [9.17, 15) is 39.6 Å². The van der Waals surface area contributed by atoms with E-state index in [4.69, 9.17) is 21.8 Å². The van der Waals surface area contributed by atoms with Gasteiger partial charge in [0.25, 0.3) is 5.89 Å². The van der Waals surface area contributed by atoms with Gasteiger partial charge in [0.2, 0.25) is 27.6 Å². The number of benzene rings is 3. The second-order valence-electron chi connectivity index (χ2n) is 13.7. The fourth-order valence-corrected chi connectivity index (χ4v) is 10.2. The second-order valence-corrected chi connectivity index (χ2v) is 20.3. The number of amides is 2. The van der Waals surface area contributed by atoms with Crippen molar-refractivity contribution in [2.75, 3.05) is 25.1 Å². The number of nitrogens with zero attached hydrogens (tertiary/aromatic N) is 2. The molecule has 57 heavy (non-hydrogen) atoms. The Morgan fingerprint density at radius 2 is 1.61 bits per heavy atom. The van der Waals surface area contributed by atoms with Gasteiger partial charge in [0.05, 0.1) is 33.9 Å². The molecule has 2 heterocycles. The van der Waals surface area contributed by atoms with Gasteiger partial charge < -0.3 is 20.4 Å². The number of sulfone groups is 2. The van der Waals surface area contributed by atoms with E-state index in [1.54, 1.807) is 54.6 Å². The molecule has 15 nitrogen and oxygen atoms in total. The normalized spacial score (nSPS) is 17.5. The summed E-state index contributed by atoms with van der Waals surface area (Å²) < 4.78 is 86.3. The standard InChI is InChI=1S/C38H44ClN5O10S3/c1-55(48,49)43-32(15-8-10-22-56(50,51)28-11-3-2-4-12-28)38(47)44-24-29(57(52,53)25-26-17-19-27(39)20-18-26)23-33(44)36(46)41-31(14-7-9-21-40)35(45)37-42-30-13-5-6-16-34(30)54-37/h2-6,8,10-13,16-20,29,31-33,43H,7,9,14-15,21-25,40H2,1H3,(H,41,46)/b10-8+/t29-,31+,32-,33+/m1/s1. The molecule has 1 aromatic heterocycles. The van der Waals surface area contributed by atoms with Crippen molar-refractivity contribution < 1.29 is 44.1 Å². The van der Waals surface area contributed by atoms with Crippen molar-refractivity contribution in [3.05, 3.63) is 107 Å². The molecule has 5 rings (SSSR count). The molecule has 4 atom stereocenters. The maximum Gasteiger partial charge on any atom is 0.266 e. The van der Waals surface area contributed by atoms with Crippen LogP contribution in [0.2, 0.25) is 5.02 Å². The van der Waals surface area contributed by atoms with E-state index in [0.29, 0.717) is 41.1 Å². The maximum absolute atomic E-state index is 14.3. The van der Waals surface area contributed by atoms with Gasteiger partial charge in [0.15, 0.2) is 25.3 Å². The predicted molar refractivity (Wildman–Crippen MR) is 215 cm³/mol. The number of hydrogen-bond acceptors (Lipinski definition) is 12. The number of nitrogens with two attached hydrogens (primary N) is 1. The molecule has 0 unspecified atom stereocenters. The van der Waals surface area contributed by atoms with E-state index in [0.717, 1.165) is 11.2 Å². The molecular weight excluding hydrogens is 818 g/mol. The summed E-state index contributed by atoms with van der Waals surface area (Å²) in [5.41, 5.74) is 6.88. The van der Waals surface area contributed by atoms with E-state index < -0.39 is 88.7 Å². The molecular formula is C38H44ClN5O10S3. The summed E-state index contributed by atoms with van der Waals surface area (Å²) in [6.07, 6.45) is 3.80. The molecule has 1 aliphatic rings. The number of halogens is 1. The monoisotopic (exact) mass is 861 g/mol. The molecule has 0 bridgehead atoms. The Bertz CT molecular complexity index is 2390. The van der Waals surface area contributed by atoms with E-state index in [1.807, 2.05) is 0 Å². The number of carbonyl (C=O) groups is 3. The van der Waals surface area contributed by atoms with Gasteiger partial charge in [-0.3, -0.25) is 14.4 Å². The van der Waals surface area contributed by atoms with E-state index >= 15 is 0 Å². The highest BCUT2D eigenvalue weighted by molar-refractivity contribution is 7.91. The molecule has 3 aromatic carbocycles. The predicted octanol–water partition coefficient (Wildman–Crippen LogP) is 3.20. The first-order valence-electron chi connectivity index (χ1n) is 18.0. The molecule has 4 N–H and O–H groups in total. The lowest BCUT2D eigenvalue weighted by molar-refractivity contribution is -0.139. The van der Waals surface area contributed by atoms with Crippen LogP contribution in [0.15, 0.2) is 100 Å². The van der Waals surface area contributed by atoms with Gasteiger partial charge in [-0.05, 0) is 80.6 Å². The van der Waals surface area contributed by atoms with Gasteiger partial charge in [0, 0.05) is 11.6 Å². The van der Waals surface area contributed by atoms with Crippen LogP contribution in [0.4, 0.5) is 0 Å². The third-order valence-corrected chi connectivity index (χ3v) is 14.0. The molecule has 0 spiro atoms. The molecule has 0 radical (unpaired) electrons. The Labute approximate surface area is 336 Å². The first-order chi connectivity index (χ1) is 27.0. The Hall–Kier alpha value is -4.46. The molecule has 1 fully saturated rings. The quantitative estimate of drug-likeness (QED) is 0.0701. The van der Waals surface area contributed by atoms with Crippen molar-refractivity contribution in [1.82, 2.24) is 19.9 Å². The summed E-state index contributed by atoms with van der Waals surface area (Å²) in [5.74, 6) is -3.56. The smallest absolute Gasteiger partial charge is 0.266 e. The van der Waals surface area contributed by atoms with Crippen molar-refractivity contribution in [3.8, 4) is 0 Å². The molecule has 0 aliphatic carbocycles. The number of hydrogen-bond donors (Lipinski definition) is 3. The summed E-state index contributed by atoms with van der Waals surface area (Å²) in [6.45, 7) is -0.158. The van der Waals surface area contributed by atoms with Gasteiger partial charge in [0.1, 0.15) is 17.6 Å². The Morgan fingerprint density at radius 1 is 0.930 bits per heavy atom. The Balaban J connectivity index is 1.44. The third kappa shape index (κ3) is 11.8. The summed E-state index contributed by atoms with van der Waals surface area (Å²) >= 11 is 5.99. The Kier molecular flexibility index (Phi) is 14.4. The van der Waals surface area contributed by atoms with Crippen LogP contribution in [0.25, 0.3) is 11.1 Å². The number of ketones is 1. The largest absolute Gasteiger partial charge is 0.434 e. The van der Waals surface area contributed by atoms with Crippen LogP contribution in [0.1, 0.15) is 48.4 Å². The highest BCUT2D eigenvalue weighted by Gasteiger charge is 2.47. The van der Waals surface area contributed by atoms with Crippen molar-refractivity contribution in [2.24, 2.45) is 5.73 Å². The van der Waals surface area contributed by atoms with Crippen LogP contribution in [0.5, 0.6) is 0 Å². The fraction of sp³-hybridized carbons (Fsp3) is 0.368. The van der Waals surface area contributed by atoms with E-state index in [2.05, 4.69) is 15.0 Å². The number of Topliss-reactive ketones (excluding diaryl/α,β-unsaturated/α-hetero) is 1. The van der Waals surface area contributed by atoms with Crippen molar-refractivity contribution in [3.63, 3.8) is 0 Å². The number of para-hydroxylation sites is 2. The number of rotatable bonds is 19. The average molecular weight is 862 g/mol. The number of nitrogens with one attached hydrogen (secondary N) is 2. The lowest BCUT2D eigenvalue weighted by Gasteiger charge is -2.29. The van der Waals surface area contributed by atoms with Gasteiger partial charge >= 0.3 is 0 Å². The summed E-state index contributed by atoms with van der Waals surface area (Å²) in [5, 5.41) is 1.83. The highest BCUT2D eigenvalue weighted by atomic mass is 35.5. The van der Waals surface area contributed by atoms with Crippen LogP contribution >= 0.6 is 11.6 Å². The molecule has 1 saturated heterocycles. The maximum atomic E-state index is 14.3. The zero-order valence-corrected chi connectivity index (χ0v) is 34.2. The van der Waals surface area contributed by atoms with Crippen molar-refractivity contribution in [1.29, 1.82) is 0 Å². The lowest BCUT2D eigenvalue weighted by Crippen LogP contribution is -2.55. The first-order valence-corrected chi connectivity index (χ1v) is 23.7. The van der Waals surface area contributed by atoms with Crippen LogP contribution < -0.4 is 15.8 Å². The van der Waals surface area contributed by atoms with E-state index in [1.165, 1.54) is 36.4 Å². The molecule has 1 aliphatic heterocycles. The summed E-state index contributed by atoms with van der Waals surface area (Å²) in [6, 6.07) is 16.3. The topological polar surface area (TPSA) is 233 Å². The number of oxazole rings is 1. The lowest BCUT2D eigenvalue weighted by atomic mass is 10.0. The number of likely N-dealkylation sites (tertiary alicyclic amines) is 1. The van der Waals surface area contributed by atoms with Crippen molar-refractivity contribution in [2.45, 2.75) is 66.1 Å². The molecule has 4 aromatic rings. The summed E-state index contributed by atoms with van der Waals surface area (Å²) in [4.78, 5) is 47.7. The van der Waals surface area contributed by atoms with Crippen LogP contribution in [-0.4, -0.2) is 101 Å². The number of aromatic nitrogens is 1. The number of fused-ring (bicyclic) bond motifs is 1. The van der Waals surface area contributed by atoms with Crippen LogP contribution in [0.3, 0.4) is 0 Å². The molecule has 306 valence electrons. The second kappa shape index (κ2) is 18.9. The van der Waals surface area contributed by atoms with Gasteiger partial charge in [-0.1, -0.05) is 66.2 Å².